The van der Waals surface area contributed by atoms with Crippen LogP contribution in [-0.4, -0.2) is 30.0 Å². The lowest BCUT2D eigenvalue weighted by molar-refractivity contribution is 0.575. The van der Waals surface area contributed by atoms with Gasteiger partial charge in [0.2, 0.25) is 0 Å². The molecule has 0 N–H and O–H groups in total. The van der Waals surface area contributed by atoms with Crippen molar-refractivity contribution in [2.24, 2.45) is 0 Å². The van der Waals surface area contributed by atoms with Crippen LogP contribution in [0.2, 0.25) is 0 Å². The van der Waals surface area contributed by atoms with Gasteiger partial charge in [0.05, 0.1) is 17.1 Å². The van der Waals surface area contributed by atoms with Crippen molar-refractivity contribution in [1.29, 1.82) is 0 Å². The first-order chi connectivity index (χ1) is 10.8. The van der Waals surface area contributed by atoms with Gasteiger partial charge in [0.25, 0.3) is 0 Å². The van der Waals surface area contributed by atoms with Gasteiger partial charge in [0.1, 0.15) is 11.0 Å². The topological polar surface area (TPSA) is 61.4 Å². The Kier molecular flexibility index (Phi) is 2.93. The number of aromatic nitrogens is 6. The second kappa shape index (κ2) is 5.07. The van der Waals surface area contributed by atoms with E-state index in [0.717, 1.165) is 22.1 Å². The van der Waals surface area contributed by atoms with Gasteiger partial charge >= 0.3 is 0 Å². The van der Waals surface area contributed by atoms with Crippen LogP contribution in [0, 0.1) is 0 Å². The van der Waals surface area contributed by atoms with Crippen LogP contribution in [0.5, 0.6) is 0 Å². The molecular formula is C16H14N6. The van der Waals surface area contributed by atoms with E-state index < -0.39 is 0 Å². The molecular weight excluding hydrogens is 276 g/mol. The van der Waals surface area contributed by atoms with Gasteiger partial charge in [-0.05, 0) is 37.3 Å². The third-order valence-corrected chi connectivity index (χ3v) is 3.65. The van der Waals surface area contributed by atoms with Crippen molar-refractivity contribution in [3.63, 3.8) is 0 Å². The summed E-state index contributed by atoms with van der Waals surface area (Å²) in [5.74, 6) is 0. The molecule has 0 bridgehead atoms. The molecule has 0 saturated heterocycles. The highest BCUT2D eigenvalue weighted by Crippen LogP contribution is 2.17. The smallest absolute Gasteiger partial charge is 0.113 e. The van der Waals surface area contributed by atoms with Gasteiger partial charge in [-0.3, -0.25) is 0 Å². The summed E-state index contributed by atoms with van der Waals surface area (Å²) in [4.78, 5) is 0. The number of benzene rings is 2. The van der Waals surface area contributed by atoms with Crippen LogP contribution in [0.1, 0.15) is 13.0 Å². The van der Waals surface area contributed by atoms with Crippen LogP contribution in [0.3, 0.4) is 0 Å². The van der Waals surface area contributed by atoms with E-state index in [9.17, 15) is 0 Å². The highest BCUT2D eigenvalue weighted by Gasteiger charge is 2.08. The molecule has 0 aliphatic heterocycles. The molecule has 0 amide bonds. The van der Waals surface area contributed by atoms with E-state index in [-0.39, 0.29) is 6.04 Å². The van der Waals surface area contributed by atoms with E-state index in [0.29, 0.717) is 0 Å². The number of rotatable bonds is 3. The first-order valence-corrected chi connectivity index (χ1v) is 7.11. The number of hydrogen-bond donors (Lipinski definition) is 0. The Bertz CT molecular complexity index is 965. The first kappa shape index (κ1) is 12.7. The lowest BCUT2D eigenvalue weighted by Crippen LogP contribution is -2.04. The minimum atomic E-state index is 0.0652. The second-order valence-electron chi connectivity index (χ2n) is 5.13. The quantitative estimate of drug-likeness (QED) is 0.582. The maximum Gasteiger partial charge on any atom is 0.113 e. The maximum absolute atomic E-state index is 4.23. The fourth-order valence-electron chi connectivity index (χ4n) is 2.47. The van der Waals surface area contributed by atoms with Crippen molar-refractivity contribution in [2.75, 3.05) is 0 Å². The van der Waals surface area contributed by atoms with Gasteiger partial charge in [-0.15, -0.1) is 10.2 Å². The van der Waals surface area contributed by atoms with Crippen LogP contribution < -0.4 is 0 Å². The molecule has 4 rings (SSSR count). The fourth-order valence-corrected chi connectivity index (χ4v) is 2.47. The van der Waals surface area contributed by atoms with Gasteiger partial charge in [-0.2, -0.15) is 0 Å². The van der Waals surface area contributed by atoms with Crippen molar-refractivity contribution >= 4 is 28.3 Å². The van der Waals surface area contributed by atoms with E-state index in [1.165, 1.54) is 0 Å². The summed E-state index contributed by atoms with van der Waals surface area (Å²) in [5, 5.41) is 16.7. The Labute approximate surface area is 126 Å². The Balaban J connectivity index is 1.68. The Morgan fingerprint density at radius 2 is 1.50 bits per heavy atom. The SMILES string of the molecule is CC(/C=C\n1nnc2ccccc21)n1nnc2ccccc21. The molecule has 0 fully saturated rings. The highest BCUT2D eigenvalue weighted by molar-refractivity contribution is 5.76. The molecule has 2 heterocycles. The zero-order valence-corrected chi connectivity index (χ0v) is 12.0. The Morgan fingerprint density at radius 1 is 0.864 bits per heavy atom. The summed E-state index contributed by atoms with van der Waals surface area (Å²) < 4.78 is 3.66. The molecule has 1 atom stereocenters. The number of nitrogens with zero attached hydrogens (tertiary/aromatic N) is 6. The van der Waals surface area contributed by atoms with Gasteiger partial charge < -0.3 is 0 Å². The largest absolute Gasteiger partial charge is 0.238 e. The van der Waals surface area contributed by atoms with Crippen molar-refractivity contribution in [3.05, 3.63) is 54.6 Å². The summed E-state index contributed by atoms with van der Waals surface area (Å²) in [6, 6.07) is 15.9. The molecule has 0 aliphatic rings. The fraction of sp³-hybridized carbons (Fsp3) is 0.125. The van der Waals surface area contributed by atoms with Gasteiger partial charge in [0.15, 0.2) is 0 Å². The van der Waals surface area contributed by atoms with E-state index in [1.54, 1.807) is 4.68 Å². The average Bonchev–Trinajstić information content (AvgIpc) is 3.17. The van der Waals surface area contributed by atoms with Crippen molar-refractivity contribution in [2.45, 2.75) is 13.0 Å². The van der Waals surface area contributed by atoms with Gasteiger partial charge in [0, 0.05) is 6.20 Å². The lowest BCUT2D eigenvalue weighted by Gasteiger charge is -2.07. The monoisotopic (exact) mass is 290 g/mol. The second-order valence-corrected chi connectivity index (χ2v) is 5.13. The minimum absolute atomic E-state index is 0.0652. The van der Waals surface area contributed by atoms with Crippen LogP contribution in [-0.2, 0) is 0 Å². The average molecular weight is 290 g/mol. The standard InChI is InChI=1S/C16H14N6/c1-12(22-16-9-5-3-7-14(16)18-20-22)10-11-21-15-8-4-2-6-13(15)17-19-21/h2-12H,1H3/b11-10-. The van der Waals surface area contributed by atoms with E-state index in [4.69, 9.17) is 0 Å². The molecule has 2 aromatic carbocycles. The molecule has 108 valence electrons. The molecule has 0 aliphatic carbocycles. The number of allylic oxidation sites excluding steroid dienone is 1. The van der Waals surface area contributed by atoms with Crippen LogP contribution in [0.15, 0.2) is 54.6 Å². The number of hydrogen-bond acceptors (Lipinski definition) is 4. The third kappa shape index (κ3) is 2.05. The molecule has 0 spiro atoms. The molecule has 4 aromatic rings. The predicted molar refractivity (Wildman–Crippen MR) is 85.1 cm³/mol. The first-order valence-electron chi connectivity index (χ1n) is 7.11. The van der Waals surface area contributed by atoms with Crippen LogP contribution >= 0.6 is 0 Å². The summed E-state index contributed by atoms with van der Waals surface area (Å²) in [6.07, 6.45) is 3.94. The predicted octanol–water partition coefficient (Wildman–Crippen LogP) is 2.91. The zero-order valence-electron chi connectivity index (χ0n) is 12.0. The summed E-state index contributed by atoms with van der Waals surface area (Å²) in [7, 11) is 0. The summed E-state index contributed by atoms with van der Waals surface area (Å²) >= 11 is 0. The molecule has 6 nitrogen and oxygen atoms in total. The highest BCUT2D eigenvalue weighted by atomic mass is 15.4. The minimum Gasteiger partial charge on any atom is -0.238 e. The third-order valence-electron chi connectivity index (χ3n) is 3.65. The Morgan fingerprint density at radius 3 is 2.32 bits per heavy atom. The molecule has 0 saturated carbocycles. The lowest BCUT2D eigenvalue weighted by atomic mass is 10.3. The maximum atomic E-state index is 4.23. The van der Waals surface area contributed by atoms with Crippen molar-refractivity contribution in [3.8, 4) is 0 Å². The van der Waals surface area contributed by atoms with Crippen LogP contribution in [0.4, 0.5) is 0 Å². The number of para-hydroxylation sites is 2. The Hall–Kier alpha value is -3.02. The molecule has 22 heavy (non-hydrogen) atoms. The summed E-state index contributed by atoms with van der Waals surface area (Å²) in [6.45, 7) is 2.07. The molecule has 0 radical (unpaired) electrons. The molecule has 2 aromatic heterocycles. The van der Waals surface area contributed by atoms with E-state index >= 15 is 0 Å². The molecule has 1 unspecified atom stereocenters. The van der Waals surface area contributed by atoms with Gasteiger partial charge in [-0.1, -0.05) is 34.7 Å². The normalized spacial score (nSPS) is 13.3. The van der Waals surface area contributed by atoms with E-state index in [2.05, 4.69) is 27.5 Å². The van der Waals surface area contributed by atoms with Crippen molar-refractivity contribution in [1.82, 2.24) is 30.0 Å². The summed E-state index contributed by atoms with van der Waals surface area (Å²) in [5.41, 5.74) is 3.78. The number of fused-ring (bicyclic) bond motifs is 2. The molecule has 6 heteroatoms. The van der Waals surface area contributed by atoms with Gasteiger partial charge in [-0.25, -0.2) is 9.36 Å². The van der Waals surface area contributed by atoms with Crippen LogP contribution in [0.25, 0.3) is 28.3 Å². The zero-order chi connectivity index (χ0) is 14.9. The van der Waals surface area contributed by atoms with E-state index in [1.807, 2.05) is 65.5 Å². The van der Waals surface area contributed by atoms with Crippen molar-refractivity contribution < 1.29 is 0 Å².